The van der Waals surface area contributed by atoms with Crippen LogP contribution in [0.1, 0.15) is 10.6 Å². The smallest absolute Gasteiger partial charge is 0.373 e. The predicted molar refractivity (Wildman–Crippen MR) is 41.9 cm³/mol. The number of rotatable bonds is 3. The Balaban J connectivity index is 2.87. The molecule has 2 N–H and O–H groups in total. The van der Waals surface area contributed by atoms with Gasteiger partial charge in [0.15, 0.2) is 0 Å². The van der Waals surface area contributed by atoms with E-state index in [1.165, 1.54) is 0 Å². The lowest BCUT2D eigenvalue weighted by Gasteiger charge is -1.94. The van der Waals surface area contributed by atoms with Crippen LogP contribution in [-0.2, 0) is 10.0 Å². The van der Waals surface area contributed by atoms with Crippen LogP contribution in [0.4, 0.5) is 6.01 Å². The summed E-state index contributed by atoms with van der Waals surface area (Å²) < 4.78 is 27.7. The minimum absolute atomic E-state index is 0.361. The van der Waals surface area contributed by atoms with Gasteiger partial charge in [-0.3, -0.25) is 0 Å². The van der Waals surface area contributed by atoms with Crippen molar-refractivity contribution in [2.24, 2.45) is 0 Å². The Labute approximate surface area is 73.4 Å². The highest BCUT2D eigenvalue weighted by Crippen LogP contribution is 2.09. The molecule has 0 aliphatic heterocycles. The van der Waals surface area contributed by atoms with Crippen LogP contribution in [0.15, 0.2) is 10.6 Å². The third-order valence-electron chi connectivity index (χ3n) is 0.989. The summed E-state index contributed by atoms with van der Waals surface area (Å²) in [6.45, 7) is 0. The molecule has 0 amide bonds. The molecule has 1 aromatic rings. The van der Waals surface area contributed by atoms with Gasteiger partial charge in [-0.05, 0) is 0 Å². The molecule has 0 saturated heterocycles. The minimum Gasteiger partial charge on any atom is -0.475 e. The molecule has 0 unspecified atom stereocenters. The van der Waals surface area contributed by atoms with Gasteiger partial charge in [-0.1, -0.05) is 0 Å². The lowest BCUT2D eigenvalue weighted by molar-refractivity contribution is 0.0663. The third kappa shape index (κ3) is 2.75. The quantitative estimate of drug-likeness (QED) is 0.705. The van der Waals surface area contributed by atoms with Crippen molar-refractivity contribution >= 4 is 22.0 Å². The molecule has 0 radical (unpaired) electrons. The summed E-state index contributed by atoms with van der Waals surface area (Å²) in [5.41, 5.74) is 0. The molecule has 0 aromatic carbocycles. The lowest BCUT2D eigenvalue weighted by atomic mass is 10.5. The summed E-state index contributed by atoms with van der Waals surface area (Å²) in [5.74, 6) is -1.74. The van der Waals surface area contributed by atoms with Crippen molar-refractivity contribution < 1.29 is 22.7 Å². The number of carboxylic acids is 1. The van der Waals surface area contributed by atoms with Crippen molar-refractivity contribution in [3.63, 3.8) is 0 Å². The highest BCUT2D eigenvalue weighted by Gasteiger charge is 2.12. The van der Waals surface area contributed by atoms with E-state index < -0.39 is 21.8 Å². The van der Waals surface area contributed by atoms with Gasteiger partial charge in [0.05, 0.1) is 12.5 Å². The van der Waals surface area contributed by atoms with Crippen LogP contribution >= 0.6 is 0 Å². The highest BCUT2D eigenvalue weighted by molar-refractivity contribution is 7.91. The van der Waals surface area contributed by atoms with Gasteiger partial charge in [0.25, 0.3) is 0 Å². The predicted octanol–water partition coefficient (Wildman–Crippen LogP) is -0.256. The second kappa shape index (κ2) is 3.05. The number of aromatic carboxylic acids is 1. The Morgan fingerprint density at radius 3 is 2.69 bits per heavy atom. The zero-order valence-electron chi connectivity index (χ0n) is 6.51. The van der Waals surface area contributed by atoms with E-state index in [1.807, 2.05) is 4.72 Å². The normalized spacial score (nSPS) is 11.2. The first-order valence-electron chi connectivity index (χ1n) is 3.05. The fourth-order valence-electron chi connectivity index (χ4n) is 0.579. The Bertz CT molecular complexity index is 420. The van der Waals surface area contributed by atoms with Crippen molar-refractivity contribution in [2.75, 3.05) is 11.0 Å². The maximum atomic E-state index is 10.6. The zero-order valence-corrected chi connectivity index (χ0v) is 7.33. The monoisotopic (exact) mass is 206 g/mol. The number of anilines is 1. The van der Waals surface area contributed by atoms with E-state index in [4.69, 9.17) is 5.11 Å². The maximum absolute atomic E-state index is 10.6. The zero-order chi connectivity index (χ0) is 10.1. The van der Waals surface area contributed by atoms with Crippen LogP contribution in [0.25, 0.3) is 0 Å². The fraction of sp³-hybridized carbons (Fsp3) is 0.200. The van der Waals surface area contributed by atoms with Crippen LogP contribution in [0, 0.1) is 0 Å². The number of nitrogens with zero attached hydrogens (tertiary/aromatic N) is 1. The van der Waals surface area contributed by atoms with Crippen LogP contribution in [0.2, 0.25) is 0 Å². The summed E-state index contributed by atoms with van der Waals surface area (Å²) in [4.78, 5) is 13.7. The van der Waals surface area contributed by atoms with E-state index in [0.717, 1.165) is 12.5 Å². The first-order chi connectivity index (χ1) is 5.88. The number of aromatic nitrogens is 1. The van der Waals surface area contributed by atoms with E-state index >= 15 is 0 Å². The molecule has 8 heteroatoms. The van der Waals surface area contributed by atoms with Crippen molar-refractivity contribution in [2.45, 2.75) is 0 Å². The number of nitrogens with one attached hydrogen (secondary N) is 1. The molecule has 0 fully saturated rings. The van der Waals surface area contributed by atoms with Crippen molar-refractivity contribution in [3.8, 4) is 0 Å². The van der Waals surface area contributed by atoms with Gasteiger partial charge >= 0.3 is 12.0 Å². The lowest BCUT2D eigenvalue weighted by Crippen LogP contribution is -2.09. The van der Waals surface area contributed by atoms with E-state index in [-0.39, 0.29) is 6.01 Å². The summed E-state index contributed by atoms with van der Waals surface area (Å²) in [5, 5.41) is 8.39. The molecule has 0 bridgehead atoms. The minimum atomic E-state index is -3.49. The van der Waals surface area contributed by atoms with E-state index in [9.17, 15) is 13.2 Å². The molecule has 0 spiro atoms. The summed E-state index contributed by atoms with van der Waals surface area (Å²) in [7, 11) is -3.49. The molecule has 1 rings (SSSR count). The molecule has 0 aliphatic carbocycles. The van der Waals surface area contributed by atoms with Gasteiger partial charge < -0.3 is 9.52 Å². The van der Waals surface area contributed by atoms with Crippen molar-refractivity contribution in [1.29, 1.82) is 0 Å². The number of oxazole rings is 1. The van der Waals surface area contributed by atoms with Gasteiger partial charge in [0.2, 0.25) is 15.8 Å². The third-order valence-corrected chi connectivity index (χ3v) is 1.53. The van der Waals surface area contributed by atoms with Crippen molar-refractivity contribution in [3.05, 3.63) is 12.0 Å². The van der Waals surface area contributed by atoms with Crippen molar-refractivity contribution in [1.82, 2.24) is 4.98 Å². The number of hydrogen-bond donors (Lipinski definition) is 2. The van der Waals surface area contributed by atoms with Crippen LogP contribution < -0.4 is 4.72 Å². The van der Waals surface area contributed by atoms with E-state index in [0.29, 0.717) is 0 Å². The maximum Gasteiger partial charge on any atom is 0.373 e. The van der Waals surface area contributed by atoms with Gasteiger partial charge in [0, 0.05) is 0 Å². The van der Waals surface area contributed by atoms with E-state index in [1.54, 1.807) is 0 Å². The highest BCUT2D eigenvalue weighted by atomic mass is 32.2. The average Bonchev–Trinajstić information content (AvgIpc) is 2.31. The molecule has 7 nitrogen and oxygen atoms in total. The second-order valence-electron chi connectivity index (χ2n) is 2.21. The summed E-state index contributed by atoms with van der Waals surface area (Å²) >= 11 is 0. The molecule has 0 saturated carbocycles. The van der Waals surface area contributed by atoms with E-state index in [2.05, 4.69) is 9.40 Å². The molecule has 13 heavy (non-hydrogen) atoms. The van der Waals surface area contributed by atoms with Gasteiger partial charge in [0.1, 0.15) is 0 Å². The van der Waals surface area contributed by atoms with Crippen LogP contribution in [-0.4, -0.2) is 30.7 Å². The summed E-state index contributed by atoms with van der Waals surface area (Å²) in [6.07, 6.45) is 1.81. The molecule has 1 heterocycles. The van der Waals surface area contributed by atoms with Gasteiger partial charge in [-0.25, -0.2) is 22.9 Å². The van der Waals surface area contributed by atoms with Gasteiger partial charge in [-0.2, -0.15) is 0 Å². The van der Waals surface area contributed by atoms with Crippen LogP contribution in [0.3, 0.4) is 0 Å². The fourth-order valence-corrected chi connectivity index (χ4v) is 0.990. The standard InChI is InChI=1S/C5H6N2O5S/c1-13(10,11)7-5-6-2-3(12-5)4(8)9/h2H,1H3,(H,6,7)(H,8,9). The number of carboxylic acid groups (broad SMARTS) is 1. The molecule has 0 atom stereocenters. The number of hydrogen-bond acceptors (Lipinski definition) is 5. The largest absolute Gasteiger partial charge is 0.475 e. The van der Waals surface area contributed by atoms with Crippen LogP contribution in [0.5, 0.6) is 0 Å². The number of carbonyl (C=O) groups is 1. The molecular formula is C5H6N2O5S. The Morgan fingerprint density at radius 2 is 2.31 bits per heavy atom. The average molecular weight is 206 g/mol. The molecular weight excluding hydrogens is 200 g/mol. The Kier molecular flexibility index (Phi) is 2.24. The Morgan fingerprint density at radius 1 is 1.69 bits per heavy atom. The SMILES string of the molecule is CS(=O)(=O)Nc1ncc(C(=O)O)o1. The van der Waals surface area contributed by atoms with Gasteiger partial charge in [-0.15, -0.1) is 0 Å². The topological polar surface area (TPSA) is 110 Å². The first kappa shape index (κ1) is 9.52. The second-order valence-corrected chi connectivity index (χ2v) is 3.96. The molecule has 1 aromatic heterocycles. The summed E-state index contributed by atoms with van der Waals surface area (Å²) in [6, 6.07) is -0.361. The molecule has 0 aliphatic rings. The molecule has 72 valence electrons. The number of sulfonamides is 1. The Hall–Kier alpha value is -1.57. The first-order valence-corrected chi connectivity index (χ1v) is 4.94.